The van der Waals surface area contributed by atoms with Crippen LogP contribution < -0.4 is 27.8 Å². The highest BCUT2D eigenvalue weighted by molar-refractivity contribution is 9.10. The van der Waals surface area contributed by atoms with Crippen molar-refractivity contribution in [2.75, 3.05) is 26.7 Å². The van der Waals surface area contributed by atoms with E-state index in [2.05, 4.69) is 75.5 Å². The minimum Gasteiger partial charge on any atom is -0.379 e. The van der Waals surface area contributed by atoms with Gasteiger partial charge in [-0.3, -0.25) is 20.6 Å². The van der Waals surface area contributed by atoms with E-state index in [0.29, 0.717) is 57.8 Å². The molecule has 0 amide bonds. The molecule has 25 heteroatoms. The molecule has 0 spiro atoms. The molecule has 71 heavy (non-hydrogen) atoms. The molecule has 0 unspecified atom stereocenters. The first kappa shape index (κ1) is 65.0. The summed E-state index contributed by atoms with van der Waals surface area (Å²) in [6, 6.07) is 26.4. The molecule has 2 heterocycles. The van der Waals surface area contributed by atoms with Crippen LogP contribution in [0.15, 0.2) is 110 Å². The van der Waals surface area contributed by atoms with E-state index < -0.39 is 17.5 Å². The molecule has 0 saturated heterocycles. The van der Waals surface area contributed by atoms with Crippen LogP contribution in [0.3, 0.4) is 0 Å². The molecular formula is C46H53Br4Cl3F3N11S4. The summed E-state index contributed by atoms with van der Waals surface area (Å²) in [5.41, 5.74) is 23.4. The van der Waals surface area contributed by atoms with Gasteiger partial charge in [-0.1, -0.05) is 151 Å². The summed E-state index contributed by atoms with van der Waals surface area (Å²) in [5.74, 6) is 1.67. The van der Waals surface area contributed by atoms with Gasteiger partial charge in [0, 0.05) is 51.6 Å². The lowest BCUT2D eigenvalue weighted by molar-refractivity contribution is 0.258. The largest absolute Gasteiger partial charge is 0.379 e. The van der Waals surface area contributed by atoms with Gasteiger partial charge >= 0.3 is 0 Å². The number of benzene rings is 5. The van der Waals surface area contributed by atoms with Crippen LogP contribution in [0.4, 0.5) is 13.2 Å². The van der Waals surface area contributed by atoms with Gasteiger partial charge in [0.05, 0.1) is 41.7 Å². The van der Waals surface area contributed by atoms with Gasteiger partial charge in [0.15, 0.2) is 20.7 Å². The molecule has 0 radical (unpaired) electrons. The summed E-state index contributed by atoms with van der Waals surface area (Å²) >= 11 is 30.3. The highest BCUT2D eigenvalue weighted by Crippen LogP contribution is 2.28. The van der Waals surface area contributed by atoms with Crippen LogP contribution in [0.1, 0.15) is 46.4 Å². The second-order valence-corrected chi connectivity index (χ2v) is 21.7. The lowest BCUT2D eigenvalue weighted by atomic mass is 10.1. The smallest absolute Gasteiger partial charge is 0.159 e. The molecule has 386 valence electrons. The third kappa shape index (κ3) is 23.1. The summed E-state index contributed by atoms with van der Waals surface area (Å²) in [6.07, 6.45) is 0. The summed E-state index contributed by atoms with van der Waals surface area (Å²) < 4.78 is 41.4. The Kier molecular flexibility index (Phi) is 30.8. The zero-order valence-corrected chi connectivity index (χ0v) is 49.1. The van der Waals surface area contributed by atoms with Gasteiger partial charge in [-0.05, 0) is 99.6 Å². The molecule has 5 aromatic rings. The van der Waals surface area contributed by atoms with Gasteiger partial charge in [0.25, 0.3) is 0 Å². The van der Waals surface area contributed by atoms with Gasteiger partial charge in [-0.25, -0.2) is 23.2 Å². The van der Waals surface area contributed by atoms with E-state index in [1.165, 1.54) is 58.9 Å². The van der Waals surface area contributed by atoms with Crippen molar-refractivity contribution >= 4 is 168 Å². The first-order valence-electron chi connectivity index (χ1n) is 20.3. The van der Waals surface area contributed by atoms with Crippen molar-refractivity contribution in [1.82, 2.24) is 20.4 Å². The van der Waals surface area contributed by atoms with Crippen molar-refractivity contribution in [2.24, 2.45) is 27.2 Å². The van der Waals surface area contributed by atoms with Crippen LogP contribution in [-0.2, 0) is 42.6 Å². The third-order valence-corrected chi connectivity index (χ3v) is 15.0. The van der Waals surface area contributed by atoms with E-state index in [9.17, 15) is 13.2 Å². The lowest BCUT2D eigenvalue weighted by Crippen LogP contribution is -2.41. The molecule has 0 aliphatic carbocycles. The highest BCUT2D eigenvalue weighted by atomic mass is 79.9. The number of rotatable bonds is 13. The molecule has 11 nitrogen and oxygen atoms in total. The first-order valence-corrected chi connectivity index (χ1v) is 27.0. The Morgan fingerprint density at radius 3 is 1.32 bits per heavy atom. The third-order valence-electron chi connectivity index (χ3n) is 9.57. The molecule has 0 saturated carbocycles. The molecule has 5 aromatic carbocycles. The predicted molar refractivity (Wildman–Crippen MR) is 318 cm³/mol. The standard InChI is InChI=1S/C28H27BrCl2F2N6S2.C10H13BrN4S2.C7H7ClFN.CH4.2BrH/c29-22-4-3-20(12-40-27-34-14-38(15-35-27)10-18-1-5-25(32)23(30)7-18)21(9-22)13-41-28-36-16-39(17-37-28)11-19-2-6-26(33)24(31)8-19;11-8-2-1-6(4-16-9(12)13)7(3-8)5-17-10(14)15;8-6-3-5(4-10)1-2-7(6)9;;;/h1-9H,10-17H2,(H,34,35)(H,36,37);1-3H,4-5H2,(H3,12,13)(H3,14,15);1-3H,4,10H2;1H4;2*1H. The van der Waals surface area contributed by atoms with Crippen LogP contribution in [0.5, 0.6) is 0 Å². The monoisotopic (exact) mass is 1360 g/mol. The van der Waals surface area contributed by atoms with Gasteiger partial charge < -0.3 is 27.8 Å². The Hall–Kier alpha value is -2.16. The van der Waals surface area contributed by atoms with Crippen LogP contribution in [0.25, 0.3) is 0 Å². The number of thioether (sulfide) groups is 4. The number of nitrogens with zero attached hydrogens (tertiary/aromatic N) is 4. The molecule has 0 fully saturated rings. The quantitative estimate of drug-likeness (QED) is 0.0440. The molecule has 2 aliphatic heterocycles. The molecule has 0 bridgehead atoms. The van der Waals surface area contributed by atoms with Crippen molar-refractivity contribution in [1.29, 1.82) is 10.8 Å². The van der Waals surface area contributed by atoms with E-state index in [0.717, 1.165) is 58.6 Å². The van der Waals surface area contributed by atoms with E-state index in [1.54, 1.807) is 53.9 Å². The predicted octanol–water partition coefficient (Wildman–Crippen LogP) is 13.7. The number of hydrogen-bond acceptors (Lipinski definition) is 13. The van der Waals surface area contributed by atoms with Gasteiger partial charge in [0.2, 0.25) is 0 Å². The minimum atomic E-state index is -0.409. The molecule has 10 N–H and O–H groups in total. The second-order valence-electron chi connectivity index (χ2n) is 14.7. The second kappa shape index (κ2) is 33.7. The maximum atomic E-state index is 13.4. The van der Waals surface area contributed by atoms with Crippen LogP contribution in [0, 0.1) is 28.3 Å². The van der Waals surface area contributed by atoms with E-state index in [-0.39, 0.29) is 66.8 Å². The first-order chi connectivity index (χ1) is 32.5. The Balaban J connectivity index is 0.000000475. The Morgan fingerprint density at radius 2 is 0.944 bits per heavy atom. The fourth-order valence-electron chi connectivity index (χ4n) is 6.11. The van der Waals surface area contributed by atoms with Gasteiger partial charge in [-0.2, -0.15) is 0 Å². The zero-order chi connectivity index (χ0) is 49.2. The summed E-state index contributed by atoms with van der Waals surface area (Å²) in [7, 11) is 0. The number of halogens is 10. The van der Waals surface area contributed by atoms with Crippen molar-refractivity contribution in [2.45, 2.75) is 50.1 Å². The van der Waals surface area contributed by atoms with Crippen molar-refractivity contribution in [3.8, 4) is 0 Å². The average molecular weight is 1370 g/mol. The van der Waals surface area contributed by atoms with Crippen molar-refractivity contribution < 1.29 is 13.2 Å². The SMILES string of the molecule is Br.Br.C.Fc1ccc(CN2CN=C(SCc3ccc(Br)cc3CSC3=NCN(Cc4ccc(F)c(Cl)c4)CN3)NC2)cc1Cl.N=C(N)SCc1ccc(Br)cc1CSC(=N)N.NCc1ccc(F)c(Cl)c1. The normalized spacial score (nSPS) is 13.1. The van der Waals surface area contributed by atoms with Gasteiger partial charge in [-0.15, -0.1) is 34.0 Å². The molecule has 7 rings (SSSR count). The maximum Gasteiger partial charge on any atom is 0.159 e. The molecule has 0 aromatic heterocycles. The number of nitrogens with one attached hydrogen (secondary N) is 4. The van der Waals surface area contributed by atoms with Crippen LogP contribution in [-0.4, -0.2) is 57.1 Å². The van der Waals surface area contributed by atoms with Crippen LogP contribution in [0.2, 0.25) is 15.1 Å². The van der Waals surface area contributed by atoms with E-state index >= 15 is 0 Å². The summed E-state index contributed by atoms with van der Waals surface area (Å²) in [4.78, 5) is 13.6. The summed E-state index contributed by atoms with van der Waals surface area (Å²) in [6.45, 7) is 4.09. The average Bonchev–Trinajstić information content (AvgIpc) is 3.31. The minimum absolute atomic E-state index is 0. The number of hydrogen-bond donors (Lipinski definition) is 7. The fraction of sp³-hybridized carbons (Fsp3) is 0.261. The zero-order valence-electron chi connectivity index (χ0n) is 36.9. The highest BCUT2D eigenvalue weighted by Gasteiger charge is 2.17. The topological polar surface area (TPSA) is 181 Å². The maximum absolute atomic E-state index is 13.4. The summed E-state index contributed by atoms with van der Waals surface area (Å²) in [5, 5.41) is 23.6. The lowest BCUT2D eigenvalue weighted by Gasteiger charge is -2.27. The fourth-order valence-corrected chi connectivity index (χ4v) is 10.5. The van der Waals surface area contributed by atoms with E-state index in [4.69, 9.17) is 67.8 Å². The van der Waals surface area contributed by atoms with Crippen LogP contribution >= 0.6 is 148 Å². The number of nitrogens with two attached hydrogens (primary N) is 3. The van der Waals surface area contributed by atoms with Gasteiger partial charge in [0.1, 0.15) is 17.5 Å². The molecular weight excluding hydrogens is 1320 g/mol. The Labute approximate surface area is 483 Å². The molecule has 0 atom stereocenters. The Bertz CT molecular complexity index is 2610. The van der Waals surface area contributed by atoms with Crippen molar-refractivity contribution in [3.05, 3.63) is 171 Å². The molecule has 2 aliphatic rings. The number of aliphatic imine (C=N–C) groups is 2. The van der Waals surface area contributed by atoms with E-state index in [1.807, 2.05) is 18.2 Å². The van der Waals surface area contributed by atoms with Crippen molar-refractivity contribution in [3.63, 3.8) is 0 Å². The number of amidine groups is 4. The Morgan fingerprint density at radius 1 is 0.577 bits per heavy atom.